The summed E-state index contributed by atoms with van der Waals surface area (Å²) in [4.78, 5) is 0. The van der Waals surface area contributed by atoms with Gasteiger partial charge < -0.3 is 10.4 Å². The van der Waals surface area contributed by atoms with E-state index in [4.69, 9.17) is 5.11 Å². The van der Waals surface area contributed by atoms with Gasteiger partial charge in [-0.05, 0) is 48.9 Å². The first-order valence-electron chi connectivity index (χ1n) is 6.77. The van der Waals surface area contributed by atoms with Crippen molar-refractivity contribution in [3.8, 4) is 0 Å². The van der Waals surface area contributed by atoms with E-state index in [9.17, 15) is 8.78 Å². The van der Waals surface area contributed by atoms with Crippen LogP contribution in [0.25, 0.3) is 0 Å². The topological polar surface area (TPSA) is 32.3 Å². The lowest BCUT2D eigenvalue weighted by Crippen LogP contribution is -2.24. The normalized spacial score (nSPS) is 12.9. The molecule has 1 atom stereocenters. The number of aliphatic hydroxyl groups is 1. The van der Waals surface area contributed by atoms with Gasteiger partial charge in [-0.1, -0.05) is 13.8 Å². The van der Waals surface area contributed by atoms with Gasteiger partial charge in [-0.2, -0.15) is 0 Å². The molecule has 2 N–H and O–H groups in total. The summed E-state index contributed by atoms with van der Waals surface area (Å²) in [5.41, 5.74) is 0.602. The van der Waals surface area contributed by atoms with Crippen LogP contribution in [0, 0.1) is 23.5 Å². The summed E-state index contributed by atoms with van der Waals surface area (Å²) in [7, 11) is 0. The Balaban J connectivity index is 2.42. The van der Waals surface area contributed by atoms with Crippen molar-refractivity contribution in [2.75, 3.05) is 13.2 Å². The Labute approximate surface area is 113 Å². The molecule has 0 radical (unpaired) electrons. The van der Waals surface area contributed by atoms with Crippen molar-refractivity contribution in [3.05, 3.63) is 35.4 Å². The number of hydrogen-bond donors (Lipinski definition) is 2. The second kappa shape index (κ2) is 8.23. The predicted molar refractivity (Wildman–Crippen MR) is 72.7 cm³/mol. The van der Waals surface area contributed by atoms with Gasteiger partial charge in [0, 0.05) is 19.2 Å². The van der Waals surface area contributed by atoms with Crippen LogP contribution in [0.1, 0.15) is 32.3 Å². The summed E-state index contributed by atoms with van der Waals surface area (Å²) in [6.07, 6.45) is 1.79. The summed E-state index contributed by atoms with van der Waals surface area (Å²) in [6.45, 7) is 5.65. The second-order valence-corrected chi connectivity index (χ2v) is 5.42. The average Bonchev–Trinajstić information content (AvgIpc) is 2.27. The van der Waals surface area contributed by atoms with Crippen LogP contribution in [0.15, 0.2) is 18.2 Å². The minimum Gasteiger partial charge on any atom is -0.396 e. The maximum atomic E-state index is 13.0. The Kier molecular flexibility index (Phi) is 6.95. The number of benzene rings is 1. The molecule has 0 saturated carbocycles. The van der Waals surface area contributed by atoms with Crippen molar-refractivity contribution in [2.24, 2.45) is 11.8 Å². The average molecular weight is 271 g/mol. The Bertz CT molecular complexity index is 362. The number of hydrogen-bond acceptors (Lipinski definition) is 2. The third-order valence-corrected chi connectivity index (χ3v) is 3.03. The molecule has 0 amide bonds. The molecule has 19 heavy (non-hydrogen) atoms. The lowest BCUT2D eigenvalue weighted by atomic mass is 9.94. The maximum absolute atomic E-state index is 13.0. The van der Waals surface area contributed by atoms with Gasteiger partial charge in [-0.3, -0.25) is 0 Å². The summed E-state index contributed by atoms with van der Waals surface area (Å²) in [5.74, 6) is -0.134. The third kappa shape index (κ3) is 6.64. The fourth-order valence-electron chi connectivity index (χ4n) is 2.29. The second-order valence-electron chi connectivity index (χ2n) is 5.42. The molecular formula is C15H23F2NO. The van der Waals surface area contributed by atoms with Gasteiger partial charge in [0.2, 0.25) is 0 Å². The molecule has 108 valence electrons. The zero-order chi connectivity index (χ0) is 14.3. The molecule has 4 heteroatoms. The summed E-state index contributed by atoms with van der Waals surface area (Å²) < 4.78 is 26.0. The van der Waals surface area contributed by atoms with E-state index in [0.29, 0.717) is 23.9 Å². The highest BCUT2D eigenvalue weighted by atomic mass is 19.1. The molecule has 1 aromatic carbocycles. The molecule has 0 bridgehead atoms. The molecule has 1 unspecified atom stereocenters. The van der Waals surface area contributed by atoms with E-state index < -0.39 is 11.6 Å². The smallest absolute Gasteiger partial charge is 0.126 e. The fourth-order valence-corrected chi connectivity index (χ4v) is 2.29. The number of rotatable bonds is 8. The first-order chi connectivity index (χ1) is 9.01. The van der Waals surface area contributed by atoms with Crippen LogP contribution in [0.3, 0.4) is 0 Å². The molecule has 0 aliphatic heterocycles. The zero-order valence-electron chi connectivity index (χ0n) is 11.6. The van der Waals surface area contributed by atoms with E-state index in [1.807, 2.05) is 0 Å². The monoisotopic (exact) mass is 271 g/mol. The van der Waals surface area contributed by atoms with Crippen LogP contribution in [-0.2, 0) is 6.54 Å². The van der Waals surface area contributed by atoms with Crippen LogP contribution >= 0.6 is 0 Å². The van der Waals surface area contributed by atoms with Crippen molar-refractivity contribution >= 4 is 0 Å². The van der Waals surface area contributed by atoms with Crippen molar-refractivity contribution in [3.63, 3.8) is 0 Å². The molecule has 0 aliphatic rings. The third-order valence-electron chi connectivity index (χ3n) is 3.03. The highest BCUT2D eigenvalue weighted by Gasteiger charge is 2.10. The van der Waals surface area contributed by atoms with E-state index in [1.165, 1.54) is 12.1 Å². The number of halogens is 2. The zero-order valence-corrected chi connectivity index (χ0v) is 11.6. The Morgan fingerprint density at radius 2 is 1.79 bits per heavy atom. The first kappa shape index (κ1) is 16.1. The minimum atomic E-state index is -0.550. The van der Waals surface area contributed by atoms with E-state index in [2.05, 4.69) is 19.2 Å². The van der Waals surface area contributed by atoms with E-state index in [-0.39, 0.29) is 6.61 Å². The quantitative estimate of drug-likeness (QED) is 0.761. The standard InChI is InChI=1S/C15H23F2NO/c1-11(2)5-12(3-4-19)9-18-10-13-6-14(16)8-15(17)7-13/h6-8,11-12,18-19H,3-5,9-10H2,1-2H3. The molecule has 0 saturated heterocycles. The van der Waals surface area contributed by atoms with Crippen LogP contribution in [-0.4, -0.2) is 18.3 Å². The SMILES string of the molecule is CC(C)CC(CCO)CNCc1cc(F)cc(F)c1. The van der Waals surface area contributed by atoms with Crippen molar-refractivity contribution in [1.29, 1.82) is 0 Å². The molecule has 0 aliphatic carbocycles. The van der Waals surface area contributed by atoms with Gasteiger partial charge in [0.1, 0.15) is 11.6 Å². The largest absolute Gasteiger partial charge is 0.396 e. The van der Waals surface area contributed by atoms with Gasteiger partial charge in [0.05, 0.1) is 0 Å². The van der Waals surface area contributed by atoms with Gasteiger partial charge in [0.15, 0.2) is 0 Å². The van der Waals surface area contributed by atoms with Gasteiger partial charge >= 0.3 is 0 Å². The molecule has 0 aromatic heterocycles. The Morgan fingerprint density at radius 1 is 1.16 bits per heavy atom. The lowest BCUT2D eigenvalue weighted by molar-refractivity contribution is 0.239. The number of nitrogens with one attached hydrogen (secondary N) is 1. The van der Waals surface area contributed by atoms with E-state index >= 15 is 0 Å². The maximum Gasteiger partial charge on any atom is 0.126 e. The highest BCUT2D eigenvalue weighted by Crippen LogP contribution is 2.14. The van der Waals surface area contributed by atoms with Crippen LogP contribution < -0.4 is 5.32 Å². The highest BCUT2D eigenvalue weighted by molar-refractivity contribution is 5.17. The molecule has 1 aromatic rings. The molecule has 0 fully saturated rings. The molecule has 0 heterocycles. The summed E-state index contributed by atoms with van der Waals surface area (Å²) >= 11 is 0. The first-order valence-corrected chi connectivity index (χ1v) is 6.77. The van der Waals surface area contributed by atoms with Gasteiger partial charge in [-0.15, -0.1) is 0 Å². The van der Waals surface area contributed by atoms with Crippen molar-refractivity contribution < 1.29 is 13.9 Å². The fraction of sp³-hybridized carbons (Fsp3) is 0.600. The lowest BCUT2D eigenvalue weighted by Gasteiger charge is -2.18. The van der Waals surface area contributed by atoms with E-state index in [0.717, 1.165) is 25.5 Å². The van der Waals surface area contributed by atoms with Crippen LogP contribution in [0.2, 0.25) is 0 Å². The summed E-state index contributed by atoms with van der Waals surface area (Å²) in [6, 6.07) is 3.54. The molecule has 0 spiro atoms. The van der Waals surface area contributed by atoms with Crippen LogP contribution in [0.5, 0.6) is 0 Å². The van der Waals surface area contributed by atoms with Gasteiger partial charge in [-0.25, -0.2) is 8.78 Å². The minimum absolute atomic E-state index is 0.174. The summed E-state index contributed by atoms with van der Waals surface area (Å²) in [5, 5.41) is 12.2. The Hall–Kier alpha value is -1.00. The number of aliphatic hydroxyl groups excluding tert-OH is 1. The molecular weight excluding hydrogens is 248 g/mol. The van der Waals surface area contributed by atoms with E-state index in [1.54, 1.807) is 0 Å². The Morgan fingerprint density at radius 3 is 2.32 bits per heavy atom. The van der Waals surface area contributed by atoms with Crippen LogP contribution in [0.4, 0.5) is 8.78 Å². The van der Waals surface area contributed by atoms with Gasteiger partial charge in [0.25, 0.3) is 0 Å². The van der Waals surface area contributed by atoms with Crippen molar-refractivity contribution in [1.82, 2.24) is 5.32 Å². The van der Waals surface area contributed by atoms with Crippen molar-refractivity contribution in [2.45, 2.75) is 33.2 Å². The predicted octanol–water partition coefficient (Wildman–Crippen LogP) is 3.10. The molecule has 1 rings (SSSR count). The molecule has 2 nitrogen and oxygen atoms in total.